The van der Waals surface area contributed by atoms with E-state index >= 15 is 0 Å². The van der Waals surface area contributed by atoms with Gasteiger partial charge in [-0.25, -0.2) is 16.8 Å². The molecule has 0 radical (unpaired) electrons. The predicted molar refractivity (Wildman–Crippen MR) is 275 cm³/mol. The molecule has 1 aliphatic rings. The van der Waals surface area contributed by atoms with Crippen molar-refractivity contribution in [2.24, 2.45) is 0 Å². The van der Waals surface area contributed by atoms with Gasteiger partial charge in [0.1, 0.15) is 0 Å². The first kappa shape index (κ1) is 53.4. The van der Waals surface area contributed by atoms with Crippen LogP contribution in [0.3, 0.4) is 0 Å². The normalized spacial score (nSPS) is 15.8. The third kappa shape index (κ3) is 15.4. The van der Waals surface area contributed by atoms with E-state index in [-0.39, 0.29) is 29.3 Å². The Morgan fingerprint density at radius 1 is 0.455 bits per heavy atom. The van der Waals surface area contributed by atoms with Gasteiger partial charge >= 0.3 is 0 Å². The summed E-state index contributed by atoms with van der Waals surface area (Å²) in [6, 6.07) is 24.0. The Morgan fingerprint density at radius 2 is 0.818 bits per heavy atom. The lowest BCUT2D eigenvalue weighted by Crippen LogP contribution is -2.23. The first-order valence-electron chi connectivity index (χ1n) is 23.4. The van der Waals surface area contributed by atoms with Crippen LogP contribution >= 0.6 is 0 Å². The van der Waals surface area contributed by atoms with E-state index in [0.717, 1.165) is 62.5 Å². The zero-order chi connectivity index (χ0) is 48.4. The Hall–Kier alpha value is -5.18. The van der Waals surface area contributed by atoms with E-state index in [1.165, 1.54) is 22.3 Å². The molecule has 0 amide bonds. The van der Waals surface area contributed by atoms with Gasteiger partial charge in [0.2, 0.25) is 0 Å². The molecule has 352 valence electrons. The topological polar surface area (TPSA) is 102 Å². The molecule has 0 fully saturated rings. The number of ketones is 2. The lowest BCUT2D eigenvalue weighted by atomic mass is 9.83. The van der Waals surface area contributed by atoms with Crippen LogP contribution < -0.4 is 0 Å². The first-order valence-corrected chi connectivity index (χ1v) is 26.5. The van der Waals surface area contributed by atoms with E-state index in [2.05, 4.69) is 65.0 Å². The van der Waals surface area contributed by atoms with Crippen LogP contribution in [-0.4, -0.2) is 38.9 Å². The van der Waals surface area contributed by atoms with E-state index < -0.39 is 30.2 Å². The van der Waals surface area contributed by atoms with Crippen molar-refractivity contribution in [1.82, 2.24) is 0 Å². The van der Waals surface area contributed by atoms with Gasteiger partial charge in [0.05, 0.1) is 20.3 Å². The summed E-state index contributed by atoms with van der Waals surface area (Å²) in [7, 11) is -7.39. The Bertz CT molecular complexity index is 2650. The smallest absolute Gasteiger partial charge is 0.190 e. The summed E-state index contributed by atoms with van der Waals surface area (Å²) >= 11 is 0. The van der Waals surface area contributed by atoms with Gasteiger partial charge in [-0.15, -0.1) is 0 Å². The maximum atomic E-state index is 14.1. The Labute approximate surface area is 397 Å². The van der Waals surface area contributed by atoms with Crippen LogP contribution in [0.1, 0.15) is 154 Å². The van der Waals surface area contributed by atoms with Gasteiger partial charge in [-0.05, 0) is 157 Å². The van der Waals surface area contributed by atoms with Gasteiger partial charge in [0, 0.05) is 22.3 Å². The van der Waals surface area contributed by atoms with E-state index in [1.54, 1.807) is 98.8 Å². The highest BCUT2D eigenvalue weighted by molar-refractivity contribution is 7.92. The maximum Gasteiger partial charge on any atom is 0.190 e. The summed E-state index contributed by atoms with van der Waals surface area (Å²) in [5.41, 5.74) is 9.23. The molecule has 0 heterocycles. The fourth-order valence-corrected chi connectivity index (χ4v) is 11.8. The van der Waals surface area contributed by atoms with Gasteiger partial charge in [-0.1, -0.05) is 142 Å². The number of fused-ring (bicyclic) bond motifs is 1. The largest absolute Gasteiger partial charge is 0.289 e. The molecule has 0 spiro atoms. The molecule has 2 unspecified atom stereocenters. The van der Waals surface area contributed by atoms with Gasteiger partial charge in [0.15, 0.2) is 31.2 Å². The molecule has 0 saturated heterocycles. The summed E-state index contributed by atoms with van der Waals surface area (Å²) in [5, 5.41) is -1.51. The molecule has 6 nitrogen and oxygen atoms in total. The van der Waals surface area contributed by atoms with Crippen LogP contribution in [0.15, 0.2) is 187 Å². The third-order valence-corrected chi connectivity index (χ3v) is 17.0. The minimum Gasteiger partial charge on any atom is -0.289 e. The number of rotatable bonds is 24. The van der Waals surface area contributed by atoms with Crippen molar-refractivity contribution < 1.29 is 26.4 Å². The molecule has 0 bridgehead atoms. The third-order valence-electron chi connectivity index (χ3n) is 12.5. The summed E-state index contributed by atoms with van der Waals surface area (Å²) < 4.78 is 56.2. The molecule has 2 atom stereocenters. The Morgan fingerprint density at radius 3 is 1.26 bits per heavy atom. The second kappa shape index (κ2) is 25.7. The van der Waals surface area contributed by atoms with Gasteiger partial charge in [-0.2, -0.15) is 0 Å². The monoisotopic (exact) mass is 928 g/mol. The lowest BCUT2D eigenvalue weighted by Gasteiger charge is -2.20. The number of allylic oxidation sites excluding steroid dienone is 14. The number of Topliss-reactive ketones (excluding diaryl/α,β-unsaturated/α-hetero) is 2. The van der Waals surface area contributed by atoms with Crippen LogP contribution in [0.4, 0.5) is 0 Å². The van der Waals surface area contributed by atoms with E-state index in [4.69, 9.17) is 0 Å². The zero-order valence-corrected chi connectivity index (χ0v) is 42.5. The van der Waals surface area contributed by atoms with Crippen molar-refractivity contribution in [3.63, 3.8) is 0 Å². The highest BCUT2D eigenvalue weighted by Crippen LogP contribution is 2.31. The van der Waals surface area contributed by atoms with E-state index in [1.807, 2.05) is 26.0 Å². The van der Waals surface area contributed by atoms with Gasteiger partial charge < -0.3 is 0 Å². The van der Waals surface area contributed by atoms with Gasteiger partial charge in [0.25, 0.3) is 0 Å². The number of sulfone groups is 2. The van der Waals surface area contributed by atoms with Crippen LogP contribution in [0.5, 0.6) is 0 Å². The highest BCUT2D eigenvalue weighted by atomic mass is 32.2. The van der Waals surface area contributed by atoms with Crippen LogP contribution in [0.25, 0.3) is 0 Å². The number of benzene rings is 3. The summed E-state index contributed by atoms with van der Waals surface area (Å²) in [6.07, 6.45) is 22.6. The summed E-state index contributed by atoms with van der Waals surface area (Å²) in [5.74, 6) is -0.379. The van der Waals surface area contributed by atoms with Gasteiger partial charge in [-0.3, -0.25) is 9.59 Å². The van der Waals surface area contributed by atoms with Crippen molar-refractivity contribution in [3.05, 3.63) is 189 Å². The number of carbonyl (C=O) groups excluding carboxylic acids is 2. The second-order valence-electron chi connectivity index (χ2n) is 18.2. The second-order valence-corrected chi connectivity index (χ2v) is 22.5. The Balaban J connectivity index is 1.41. The fraction of sp³-hybridized carbons (Fsp3) is 0.379. The van der Waals surface area contributed by atoms with Crippen molar-refractivity contribution >= 4 is 31.2 Å². The molecule has 0 aromatic heterocycles. The standard InChI is InChI=1S/C58H72O6S2/c1-42(2)22-18-23-43(3)24-19-26-45(5)36-40-55(65(61,62)50-30-12-10-13-31-50)47(7)29-21-28-44(4)25-20-27-46(6)37-41-56(66(63,64)51-32-14-11-15-33-51)48(8)38-39-52-49(9)57(59)53-34-16-17-35-54(53)58(52)60/h10-17,22,24-25,29-38,55-56H,18-21,23,26-28,39-41H2,1-9H3/b43-24+,44-25+,45-36+,46-37+,47-29+,48-38+. The number of hydrogen-bond acceptors (Lipinski definition) is 6. The zero-order valence-electron chi connectivity index (χ0n) is 40.8. The molecular weight excluding hydrogens is 857 g/mol. The van der Waals surface area contributed by atoms with Crippen molar-refractivity contribution in [2.75, 3.05) is 0 Å². The van der Waals surface area contributed by atoms with E-state index in [0.29, 0.717) is 39.2 Å². The molecule has 0 saturated carbocycles. The average Bonchev–Trinajstić information content (AvgIpc) is 3.28. The molecular formula is C58H72O6S2. The first-order chi connectivity index (χ1) is 31.3. The fourth-order valence-electron chi connectivity index (χ4n) is 8.22. The number of hydrogen-bond donors (Lipinski definition) is 0. The molecule has 0 aliphatic heterocycles. The van der Waals surface area contributed by atoms with Crippen molar-refractivity contribution in [1.29, 1.82) is 0 Å². The quantitative estimate of drug-likeness (QED) is 0.0829. The lowest BCUT2D eigenvalue weighted by molar-refractivity contribution is 0.0973. The maximum absolute atomic E-state index is 14.1. The number of carbonyl (C=O) groups is 2. The average molecular weight is 929 g/mol. The van der Waals surface area contributed by atoms with Crippen LogP contribution in [0, 0.1) is 0 Å². The minimum absolute atomic E-state index is 0.161. The summed E-state index contributed by atoms with van der Waals surface area (Å²) in [6.45, 7) is 18.0. The predicted octanol–water partition coefficient (Wildman–Crippen LogP) is 15.0. The highest BCUT2D eigenvalue weighted by Gasteiger charge is 2.31. The summed E-state index contributed by atoms with van der Waals surface area (Å²) in [4.78, 5) is 27.2. The van der Waals surface area contributed by atoms with Crippen LogP contribution in [0.2, 0.25) is 0 Å². The Kier molecular flexibility index (Phi) is 20.8. The van der Waals surface area contributed by atoms with E-state index in [9.17, 15) is 26.4 Å². The molecule has 66 heavy (non-hydrogen) atoms. The minimum atomic E-state index is -3.78. The van der Waals surface area contributed by atoms with Crippen molar-refractivity contribution in [3.8, 4) is 0 Å². The SMILES string of the molecule is CC(C)=CCC/C(C)=C/CC/C(C)=C/CC(/C(C)=C/CC/C(C)=C/CC/C(C)=C/CC(/C(C)=C/CC1=C(C)C(=O)c2ccccc2C1=O)S(=O)(=O)c1ccccc1)S(=O)(=O)c1ccccc1. The van der Waals surface area contributed by atoms with Crippen molar-refractivity contribution in [2.45, 2.75) is 153 Å². The molecule has 3 aromatic carbocycles. The van der Waals surface area contributed by atoms with Crippen LogP contribution in [-0.2, 0) is 19.7 Å². The molecule has 0 N–H and O–H groups in total. The molecule has 1 aliphatic carbocycles. The molecule has 8 heteroatoms. The molecule has 4 rings (SSSR count). The molecule has 3 aromatic rings.